The van der Waals surface area contributed by atoms with Crippen molar-refractivity contribution in [1.82, 2.24) is 4.31 Å². The summed E-state index contributed by atoms with van der Waals surface area (Å²) in [5.41, 5.74) is 2.18. The van der Waals surface area contributed by atoms with Crippen LogP contribution in [0.1, 0.15) is 11.1 Å². The first-order valence-electron chi connectivity index (χ1n) is 9.11. The summed E-state index contributed by atoms with van der Waals surface area (Å²) in [5, 5.41) is 3.25. The Morgan fingerprint density at radius 3 is 2.33 bits per heavy atom. The van der Waals surface area contributed by atoms with E-state index in [4.69, 9.17) is 11.6 Å². The number of carbonyl (C=O) groups excluding carboxylic acids is 1. The molecule has 0 saturated carbocycles. The van der Waals surface area contributed by atoms with E-state index in [9.17, 15) is 13.2 Å². The van der Waals surface area contributed by atoms with Crippen molar-refractivity contribution in [2.24, 2.45) is 0 Å². The zero-order chi connectivity index (χ0) is 21.7. The van der Waals surface area contributed by atoms with E-state index < -0.39 is 15.9 Å². The van der Waals surface area contributed by atoms with Gasteiger partial charge < -0.3 is 5.32 Å². The van der Waals surface area contributed by atoms with Gasteiger partial charge in [0.1, 0.15) is 0 Å². The van der Waals surface area contributed by atoms with Crippen LogP contribution in [-0.2, 0) is 21.4 Å². The Kier molecular flexibility index (Phi) is 7.31. The topological polar surface area (TPSA) is 66.5 Å². The number of amides is 1. The molecule has 0 spiro atoms. The van der Waals surface area contributed by atoms with E-state index in [-0.39, 0.29) is 18.0 Å². The van der Waals surface area contributed by atoms with Crippen molar-refractivity contribution in [3.05, 3.63) is 93.4 Å². The molecule has 30 heavy (non-hydrogen) atoms. The molecule has 0 aromatic heterocycles. The quantitative estimate of drug-likeness (QED) is 0.475. The number of benzene rings is 3. The van der Waals surface area contributed by atoms with Gasteiger partial charge in [-0.05, 0) is 54.4 Å². The molecular weight excluding hydrogens is 488 g/mol. The molecule has 8 heteroatoms. The predicted octanol–water partition coefficient (Wildman–Crippen LogP) is 5.24. The van der Waals surface area contributed by atoms with Crippen LogP contribution in [0.3, 0.4) is 0 Å². The molecule has 3 aromatic rings. The van der Waals surface area contributed by atoms with E-state index in [0.717, 1.165) is 19.9 Å². The van der Waals surface area contributed by atoms with Crippen LogP contribution in [0.15, 0.2) is 82.2 Å². The first-order chi connectivity index (χ1) is 14.3. The highest BCUT2D eigenvalue weighted by Crippen LogP contribution is 2.22. The van der Waals surface area contributed by atoms with Gasteiger partial charge in [0.25, 0.3) is 0 Å². The van der Waals surface area contributed by atoms with E-state index in [1.807, 2.05) is 37.3 Å². The van der Waals surface area contributed by atoms with E-state index in [1.165, 1.54) is 12.1 Å². The van der Waals surface area contributed by atoms with Crippen LogP contribution in [-0.4, -0.2) is 25.2 Å². The Morgan fingerprint density at radius 1 is 1.03 bits per heavy atom. The molecule has 1 N–H and O–H groups in total. The van der Waals surface area contributed by atoms with E-state index in [2.05, 4.69) is 21.2 Å². The summed E-state index contributed by atoms with van der Waals surface area (Å²) in [6, 6.07) is 20.6. The minimum Gasteiger partial charge on any atom is -0.325 e. The van der Waals surface area contributed by atoms with Crippen LogP contribution in [0.4, 0.5) is 5.69 Å². The molecule has 0 bridgehead atoms. The lowest BCUT2D eigenvalue weighted by Crippen LogP contribution is -2.37. The number of carbonyl (C=O) groups is 1. The van der Waals surface area contributed by atoms with Crippen LogP contribution >= 0.6 is 27.5 Å². The van der Waals surface area contributed by atoms with Crippen molar-refractivity contribution >= 4 is 49.1 Å². The number of nitrogens with one attached hydrogen (secondary N) is 1. The average molecular weight is 508 g/mol. The molecule has 156 valence electrons. The number of rotatable bonds is 7. The van der Waals surface area contributed by atoms with E-state index in [0.29, 0.717) is 10.7 Å². The number of anilines is 1. The average Bonchev–Trinajstić information content (AvgIpc) is 2.71. The van der Waals surface area contributed by atoms with Gasteiger partial charge in [0.15, 0.2) is 0 Å². The Balaban J connectivity index is 1.86. The lowest BCUT2D eigenvalue weighted by molar-refractivity contribution is -0.116. The molecule has 0 unspecified atom stereocenters. The fourth-order valence-electron chi connectivity index (χ4n) is 2.80. The fraction of sp³-hybridized carbons (Fsp3) is 0.136. The maximum atomic E-state index is 13.2. The lowest BCUT2D eigenvalue weighted by atomic mass is 10.2. The summed E-state index contributed by atoms with van der Waals surface area (Å²) < 4.78 is 28.4. The van der Waals surface area contributed by atoms with Gasteiger partial charge in [0.05, 0.1) is 11.4 Å². The smallest absolute Gasteiger partial charge is 0.243 e. The highest BCUT2D eigenvalue weighted by atomic mass is 79.9. The van der Waals surface area contributed by atoms with Crippen molar-refractivity contribution in [2.45, 2.75) is 18.4 Å². The summed E-state index contributed by atoms with van der Waals surface area (Å²) in [6.45, 7) is 1.60. The van der Waals surface area contributed by atoms with Crippen LogP contribution in [0.2, 0.25) is 5.02 Å². The highest BCUT2D eigenvalue weighted by Gasteiger charge is 2.27. The van der Waals surface area contributed by atoms with Crippen LogP contribution in [0.25, 0.3) is 0 Å². The molecule has 3 rings (SSSR count). The molecule has 5 nitrogen and oxygen atoms in total. The maximum Gasteiger partial charge on any atom is 0.243 e. The number of hydrogen-bond acceptors (Lipinski definition) is 3. The van der Waals surface area contributed by atoms with Crippen molar-refractivity contribution < 1.29 is 13.2 Å². The molecule has 0 radical (unpaired) electrons. The Labute approximate surface area is 189 Å². The minimum absolute atomic E-state index is 0.0707. The summed E-state index contributed by atoms with van der Waals surface area (Å²) in [5.74, 6) is -0.452. The van der Waals surface area contributed by atoms with Crippen LogP contribution in [0, 0.1) is 6.92 Å². The number of nitrogens with zero attached hydrogens (tertiary/aromatic N) is 1. The summed E-state index contributed by atoms with van der Waals surface area (Å²) in [4.78, 5) is 12.8. The summed E-state index contributed by atoms with van der Waals surface area (Å²) in [6.07, 6.45) is 0. The van der Waals surface area contributed by atoms with E-state index in [1.54, 1.807) is 30.3 Å². The number of aryl methyl sites for hydroxylation is 1. The highest BCUT2D eigenvalue weighted by molar-refractivity contribution is 9.10. The molecular formula is C22H20BrClN2O3S. The summed E-state index contributed by atoms with van der Waals surface area (Å²) >= 11 is 9.42. The molecule has 3 aromatic carbocycles. The van der Waals surface area contributed by atoms with Crippen molar-refractivity contribution in [3.63, 3.8) is 0 Å². The first kappa shape index (κ1) is 22.5. The van der Waals surface area contributed by atoms with Gasteiger partial charge >= 0.3 is 0 Å². The van der Waals surface area contributed by atoms with Gasteiger partial charge in [0, 0.05) is 21.7 Å². The Hall–Kier alpha value is -2.19. The van der Waals surface area contributed by atoms with Crippen molar-refractivity contribution in [1.29, 1.82) is 0 Å². The second-order valence-electron chi connectivity index (χ2n) is 6.72. The van der Waals surface area contributed by atoms with Crippen molar-refractivity contribution in [3.8, 4) is 0 Å². The molecule has 0 aliphatic carbocycles. The molecule has 1 amide bonds. The number of hydrogen-bond donors (Lipinski definition) is 1. The third-order valence-corrected chi connectivity index (χ3v) is 7.17. The van der Waals surface area contributed by atoms with Gasteiger partial charge in [-0.2, -0.15) is 4.31 Å². The minimum atomic E-state index is -3.89. The third kappa shape index (κ3) is 5.70. The van der Waals surface area contributed by atoms with Gasteiger partial charge in [-0.25, -0.2) is 8.42 Å². The van der Waals surface area contributed by atoms with Crippen LogP contribution in [0.5, 0.6) is 0 Å². The molecule has 0 saturated heterocycles. The second-order valence-corrected chi connectivity index (χ2v) is 9.99. The van der Waals surface area contributed by atoms with Crippen LogP contribution < -0.4 is 5.32 Å². The standard InChI is InChI=1S/C22H20BrClN2O3S/c1-16-7-10-19(13-21(16)24)25-22(27)15-26(14-17-5-3-2-4-6-17)30(28,29)20-11-8-18(23)9-12-20/h2-13H,14-15H2,1H3,(H,25,27). The molecule has 0 atom stereocenters. The first-order valence-corrected chi connectivity index (χ1v) is 11.7. The molecule has 0 heterocycles. The SMILES string of the molecule is Cc1ccc(NC(=O)CN(Cc2ccccc2)S(=O)(=O)c2ccc(Br)cc2)cc1Cl. The van der Waals surface area contributed by atoms with Gasteiger partial charge in [-0.1, -0.05) is 63.9 Å². The monoisotopic (exact) mass is 506 g/mol. The maximum absolute atomic E-state index is 13.2. The van der Waals surface area contributed by atoms with Crippen molar-refractivity contribution in [2.75, 3.05) is 11.9 Å². The number of sulfonamides is 1. The zero-order valence-electron chi connectivity index (χ0n) is 16.2. The van der Waals surface area contributed by atoms with Gasteiger partial charge in [-0.15, -0.1) is 0 Å². The lowest BCUT2D eigenvalue weighted by Gasteiger charge is -2.22. The molecule has 0 fully saturated rings. The van der Waals surface area contributed by atoms with Gasteiger partial charge in [0.2, 0.25) is 15.9 Å². The Bertz CT molecular complexity index is 1140. The molecule has 0 aliphatic rings. The largest absolute Gasteiger partial charge is 0.325 e. The summed E-state index contributed by atoms with van der Waals surface area (Å²) in [7, 11) is -3.89. The van der Waals surface area contributed by atoms with Gasteiger partial charge in [-0.3, -0.25) is 4.79 Å². The second kappa shape index (κ2) is 9.75. The zero-order valence-corrected chi connectivity index (χ0v) is 19.3. The fourth-order valence-corrected chi connectivity index (χ4v) is 4.63. The Morgan fingerprint density at radius 2 is 1.70 bits per heavy atom. The normalized spacial score (nSPS) is 11.5. The predicted molar refractivity (Wildman–Crippen MR) is 123 cm³/mol. The van der Waals surface area contributed by atoms with E-state index >= 15 is 0 Å². The third-order valence-electron chi connectivity index (χ3n) is 4.43. The number of halogens is 2. The molecule has 0 aliphatic heterocycles.